The fourth-order valence-electron chi connectivity index (χ4n) is 3.82. The van der Waals surface area contributed by atoms with Crippen LogP contribution in [0.2, 0.25) is 5.02 Å². The highest BCUT2D eigenvalue weighted by Crippen LogP contribution is 2.34. The van der Waals surface area contributed by atoms with E-state index in [2.05, 4.69) is 9.38 Å². The van der Waals surface area contributed by atoms with Crippen molar-refractivity contribution in [3.63, 3.8) is 0 Å². The maximum atomic E-state index is 12.8. The lowest BCUT2D eigenvalue weighted by atomic mass is 10.1. The minimum absolute atomic E-state index is 0.0490. The summed E-state index contributed by atoms with van der Waals surface area (Å²) in [4.78, 5) is 20.6. The van der Waals surface area contributed by atoms with Crippen molar-refractivity contribution >= 4 is 38.3 Å². The molecule has 0 saturated carbocycles. The van der Waals surface area contributed by atoms with Crippen LogP contribution in [-0.4, -0.2) is 61.1 Å². The van der Waals surface area contributed by atoms with Crippen molar-refractivity contribution in [1.29, 1.82) is 0 Å². The number of halogens is 1. The first kappa shape index (κ1) is 20.6. The maximum Gasteiger partial charge on any atom is 0.285 e. The van der Waals surface area contributed by atoms with Gasteiger partial charge >= 0.3 is 0 Å². The fourth-order valence-corrected chi connectivity index (χ4v) is 5.49. The third kappa shape index (κ3) is 3.97. The summed E-state index contributed by atoms with van der Waals surface area (Å²) in [6.07, 6.45) is 3.91. The van der Waals surface area contributed by atoms with Crippen LogP contribution in [0.1, 0.15) is 29.3 Å². The number of hydrogen-bond donors (Lipinski definition) is 0. The molecule has 3 heterocycles. The molecule has 2 aliphatic heterocycles. The van der Waals surface area contributed by atoms with Crippen LogP contribution in [0.4, 0.5) is 0 Å². The normalized spacial score (nSPS) is 18.9. The molecule has 9 heteroatoms. The van der Waals surface area contributed by atoms with E-state index >= 15 is 0 Å². The third-order valence-electron chi connectivity index (χ3n) is 5.24. The average molecular weight is 445 g/mol. The molecule has 0 spiro atoms. The van der Waals surface area contributed by atoms with Crippen molar-refractivity contribution in [3.8, 4) is 0 Å². The van der Waals surface area contributed by atoms with E-state index in [1.54, 1.807) is 60.6 Å². The lowest BCUT2D eigenvalue weighted by molar-refractivity contribution is 0.0764. The van der Waals surface area contributed by atoms with E-state index in [0.717, 1.165) is 6.42 Å². The molecule has 7 nitrogen and oxygen atoms in total. The van der Waals surface area contributed by atoms with Crippen molar-refractivity contribution < 1.29 is 13.2 Å². The van der Waals surface area contributed by atoms with Gasteiger partial charge in [0.2, 0.25) is 0 Å². The van der Waals surface area contributed by atoms with Crippen molar-refractivity contribution in [2.45, 2.75) is 13.3 Å². The summed E-state index contributed by atoms with van der Waals surface area (Å²) in [5, 5.41) is 0.469. The number of benzene rings is 1. The zero-order valence-corrected chi connectivity index (χ0v) is 18.0. The van der Waals surface area contributed by atoms with Gasteiger partial charge in [-0.25, -0.2) is 0 Å². The van der Waals surface area contributed by atoms with E-state index in [0.29, 0.717) is 53.7 Å². The van der Waals surface area contributed by atoms with E-state index in [9.17, 15) is 13.2 Å². The molecule has 0 atom stereocenters. The zero-order chi connectivity index (χ0) is 21.3. The number of pyridine rings is 1. The molecule has 2 aliphatic rings. The van der Waals surface area contributed by atoms with Crippen molar-refractivity contribution in [2.24, 2.45) is 4.40 Å². The quantitative estimate of drug-likeness (QED) is 0.710. The second-order valence-corrected chi connectivity index (χ2v) is 9.20. The molecule has 1 amide bonds. The van der Waals surface area contributed by atoms with Crippen LogP contribution in [0.5, 0.6) is 0 Å². The van der Waals surface area contributed by atoms with Gasteiger partial charge in [0, 0.05) is 54.7 Å². The summed E-state index contributed by atoms with van der Waals surface area (Å²) in [6, 6.07) is 10.2. The van der Waals surface area contributed by atoms with E-state index in [-0.39, 0.29) is 10.8 Å². The standard InChI is InChI=1S/C21H21ClN4O3S/c1-15-19(17-4-2-5-18(22)14-17)30(28,29)24-20(15)25-10-3-11-26(13-12-25)21(27)16-6-8-23-9-7-16/h2,4-9,14H,3,10-13H2,1H3. The number of amides is 1. The van der Waals surface area contributed by atoms with Gasteiger partial charge in [-0.2, -0.15) is 8.42 Å². The Morgan fingerprint density at radius 2 is 1.83 bits per heavy atom. The number of sulfonamides is 1. The van der Waals surface area contributed by atoms with Gasteiger partial charge in [0.05, 0.1) is 0 Å². The van der Waals surface area contributed by atoms with Crippen LogP contribution < -0.4 is 0 Å². The maximum absolute atomic E-state index is 12.8. The van der Waals surface area contributed by atoms with Gasteiger partial charge in [-0.3, -0.25) is 9.78 Å². The van der Waals surface area contributed by atoms with Crippen LogP contribution in [0.15, 0.2) is 58.8 Å². The summed E-state index contributed by atoms with van der Waals surface area (Å²) in [6.45, 7) is 3.98. The van der Waals surface area contributed by atoms with Crippen molar-refractivity contribution in [3.05, 3.63) is 70.5 Å². The Hall–Kier alpha value is -2.71. The summed E-state index contributed by atoms with van der Waals surface area (Å²) in [7, 11) is -3.81. The molecule has 0 N–H and O–H groups in total. The molecule has 0 unspecified atom stereocenters. The summed E-state index contributed by atoms with van der Waals surface area (Å²) < 4.78 is 29.7. The largest absolute Gasteiger partial charge is 0.354 e. The minimum Gasteiger partial charge on any atom is -0.354 e. The summed E-state index contributed by atoms with van der Waals surface area (Å²) >= 11 is 6.06. The van der Waals surface area contributed by atoms with Crippen LogP contribution in [0, 0.1) is 0 Å². The Morgan fingerprint density at radius 1 is 1.07 bits per heavy atom. The van der Waals surface area contributed by atoms with Crippen LogP contribution in [0.3, 0.4) is 0 Å². The van der Waals surface area contributed by atoms with Gasteiger partial charge in [-0.1, -0.05) is 23.7 Å². The van der Waals surface area contributed by atoms with E-state index in [1.807, 2.05) is 4.90 Å². The van der Waals surface area contributed by atoms with E-state index in [4.69, 9.17) is 11.6 Å². The number of amidine groups is 1. The molecule has 1 aromatic carbocycles. The Labute approximate surface area is 180 Å². The first-order chi connectivity index (χ1) is 14.4. The average Bonchev–Trinajstić information content (AvgIpc) is 2.88. The Morgan fingerprint density at radius 3 is 2.57 bits per heavy atom. The predicted molar refractivity (Wildman–Crippen MR) is 117 cm³/mol. The number of aromatic nitrogens is 1. The van der Waals surface area contributed by atoms with E-state index < -0.39 is 10.0 Å². The van der Waals surface area contributed by atoms with Gasteiger partial charge in [0.25, 0.3) is 15.9 Å². The van der Waals surface area contributed by atoms with E-state index in [1.165, 1.54) is 0 Å². The molecule has 0 bridgehead atoms. The van der Waals surface area contributed by atoms with Crippen LogP contribution >= 0.6 is 11.6 Å². The Kier molecular flexibility index (Phi) is 5.62. The Balaban J connectivity index is 1.57. The highest BCUT2D eigenvalue weighted by atomic mass is 35.5. The number of rotatable bonds is 2. The molecule has 30 heavy (non-hydrogen) atoms. The second-order valence-electron chi connectivity index (χ2n) is 7.22. The molecule has 0 aliphatic carbocycles. The number of carbonyl (C=O) groups is 1. The van der Waals surface area contributed by atoms with Gasteiger partial charge < -0.3 is 9.80 Å². The first-order valence-electron chi connectivity index (χ1n) is 9.63. The molecule has 0 radical (unpaired) electrons. The molecular weight excluding hydrogens is 424 g/mol. The third-order valence-corrected chi connectivity index (χ3v) is 6.94. The number of hydrogen-bond acceptors (Lipinski definition) is 5. The molecule has 4 rings (SSSR count). The number of carbonyl (C=O) groups excluding carboxylic acids is 1. The smallest absolute Gasteiger partial charge is 0.285 e. The van der Waals surface area contributed by atoms with Crippen molar-refractivity contribution in [1.82, 2.24) is 14.8 Å². The zero-order valence-electron chi connectivity index (χ0n) is 16.5. The summed E-state index contributed by atoms with van der Waals surface area (Å²) in [5.41, 5.74) is 1.73. The molecule has 1 fully saturated rings. The summed E-state index contributed by atoms with van der Waals surface area (Å²) in [5.74, 6) is 0.398. The molecule has 156 valence electrons. The lowest BCUT2D eigenvalue weighted by Gasteiger charge is -2.23. The SMILES string of the molecule is CC1=C(c2cccc(Cl)c2)S(=O)(=O)N=C1N1CCCN(C(=O)c2ccncc2)CC1. The second kappa shape index (κ2) is 8.20. The van der Waals surface area contributed by atoms with Gasteiger partial charge in [0.1, 0.15) is 10.7 Å². The van der Waals surface area contributed by atoms with Gasteiger partial charge in [0.15, 0.2) is 0 Å². The first-order valence-corrected chi connectivity index (χ1v) is 11.4. The molecule has 1 saturated heterocycles. The topological polar surface area (TPSA) is 82.9 Å². The minimum atomic E-state index is -3.81. The molecule has 2 aromatic rings. The van der Waals surface area contributed by atoms with Crippen molar-refractivity contribution in [2.75, 3.05) is 26.2 Å². The van der Waals surface area contributed by atoms with Crippen LogP contribution in [0.25, 0.3) is 4.91 Å². The van der Waals surface area contributed by atoms with Gasteiger partial charge in [-0.15, -0.1) is 4.40 Å². The molecular formula is C21H21ClN4O3S. The van der Waals surface area contributed by atoms with Gasteiger partial charge in [-0.05, 0) is 43.2 Å². The number of nitrogens with zero attached hydrogens (tertiary/aromatic N) is 4. The highest BCUT2D eigenvalue weighted by molar-refractivity contribution is 8.00. The molecule has 1 aromatic heterocycles. The highest BCUT2D eigenvalue weighted by Gasteiger charge is 2.34. The fraction of sp³-hybridized carbons (Fsp3) is 0.286. The predicted octanol–water partition coefficient (Wildman–Crippen LogP) is 3.06. The Bertz CT molecular complexity index is 1150. The lowest BCUT2D eigenvalue weighted by Crippen LogP contribution is -2.37. The monoisotopic (exact) mass is 444 g/mol. The van der Waals surface area contributed by atoms with Crippen LogP contribution in [-0.2, 0) is 10.0 Å².